The summed E-state index contributed by atoms with van der Waals surface area (Å²) in [7, 11) is 0. The summed E-state index contributed by atoms with van der Waals surface area (Å²) in [5.74, 6) is -1.94. The number of carbonyl (C=O) groups excluding carboxylic acids is 3. The molecule has 2 atom stereocenters. The van der Waals surface area contributed by atoms with Gasteiger partial charge in [0, 0.05) is 19.5 Å². The van der Waals surface area contributed by atoms with E-state index in [1.165, 1.54) is 0 Å². The van der Waals surface area contributed by atoms with Crippen LogP contribution in [0.4, 0.5) is 4.79 Å². The van der Waals surface area contributed by atoms with Crippen molar-refractivity contribution >= 4 is 23.9 Å². The van der Waals surface area contributed by atoms with Crippen molar-refractivity contribution < 1.29 is 29.0 Å². The molecule has 1 fully saturated rings. The van der Waals surface area contributed by atoms with Gasteiger partial charge < -0.3 is 25.4 Å². The van der Waals surface area contributed by atoms with Gasteiger partial charge in [0.05, 0.1) is 5.41 Å². The van der Waals surface area contributed by atoms with Gasteiger partial charge in [-0.1, -0.05) is 74.5 Å². The lowest BCUT2D eigenvalue weighted by Crippen LogP contribution is -2.58. The molecule has 0 aromatic heterocycles. The first-order valence-electron chi connectivity index (χ1n) is 14.2. The maximum absolute atomic E-state index is 14.1. The van der Waals surface area contributed by atoms with Crippen LogP contribution in [-0.2, 0) is 31.0 Å². The number of rotatable bonds is 10. The molecule has 1 aliphatic rings. The fourth-order valence-corrected chi connectivity index (χ4v) is 5.12. The van der Waals surface area contributed by atoms with E-state index in [0.717, 1.165) is 11.1 Å². The van der Waals surface area contributed by atoms with E-state index in [1.807, 2.05) is 95.3 Å². The van der Waals surface area contributed by atoms with E-state index in [4.69, 9.17) is 4.74 Å². The number of carbonyl (C=O) groups is 4. The van der Waals surface area contributed by atoms with E-state index in [-0.39, 0.29) is 18.2 Å². The molecule has 3 N–H and O–H groups in total. The number of amides is 3. The molecule has 0 aliphatic carbocycles. The first-order chi connectivity index (χ1) is 19.3. The molecule has 2 aromatic rings. The second-order valence-corrected chi connectivity index (χ2v) is 12.2. The van der Waals surface area contributed by atoms with Crippen LogP contribution in [0.25, 0.3) is 0 Å². The van der Waals surface area contributed by atoms with E-state index in [1.54, 1.807) is 4.90 Å². The fourth-order valence-electron chi connectivity index (χ4n) is 5.12. The van der Waals surface area contributed by atoms with Gasteiger partial charge in [0.2, 0.25) is 11.8 Å². The zero-order chi connectivity index (χ0) is 30.2. The standard InChI is InChI=1S/C32H43N3O6/c1-22(2)20-25(27(36)33-26(28(37)38)21-23-12-8-6-9-13-23)34-29(39)32(24-14-10-7-11-15-24)16-18-35(19-17-32)30(40)41-31(3,4)5/h6-15,22,25-26H,16-21H2,1-5H3,(H,33,36)(H,34,39)(H,37,38). The fraction of sp³-hybridized carbons (Fsp3) is 0.500. The highest BCUT2D eigenvalue weighted by Gasteiger charge is 2.45. The van der Waals surface area contributed by atoms with Gasteiger partial charge in [0.15, 0.2) is 0 Å². The Morgan fingerprint density at radius 2 is 1.46 bits per heavy atom. The molecule has 0 saturated carbocycles. The van der Waals surface area contributed by atoms with Gasteiger partial charge in [0.25, 0.3) is 0 Å². The second-order valence-electron chi connectivity index (χ2n) is 12.2. The van der Waals surface area contributed by atoms with E-state index < -0.39 is 41.1 Å². The summed E-state index contributed by atoms with van der Waals surface area (Å²) >= 11 is 0. The number of nitrogens with zero attached hydrogens (tertiary/aromatic N) is 1. The van der Waals surface area contributed by atoms with Crippen LogP contribution in [-0.4, -0.2) is 64.7 Å². The molecule has 2 aromatic carbocycles. The van der Waals surface area contributed by atoms with E-state index >= 15 is 0 Å². The largest absolute Gasteiger partial charge is 0.480 e. The Hall–Kier alpha value is -3.88. The van der Waals surface area contributed by atoms with Crippen LogP contribution >= 0.6 is 0 Å². The molecule has 1 heterocycles. The molecule has 9 heteroatoms. The maximum atomic E-state index is 14.1. The molecule has 9 nitrogen and oxygen atoms in total. The number of carboxylic acids is 1. The monoisotopic (exact) mass is 565 g/mol. The number of hydrogen-bond acceptors (Lipinski definition) is 5. The third-order valence-corrected chi connectivity index (χ3v) is 7.26. The number of piperidine rings is 1. The smallest absolute Gasteiger partial charge is 0.410 e. The van der Waals surface area contributed by atoms with Crippen molar-refractivity contribution in [2.24, 2.45) is 5.92 Å². The zero-order valence-electron chi connectivity index (χ0n) is 24.7. The number of aliphatic carboxylic acids is 1. The first-order valence-corrected chi connectivity index (χ1v) is 14.2. The number of hydrogen-bond donors (Lipinski definition) is 3. The minimum absolute atomic E-state index is 0.0603. The van der Waals surface area contributed by atoms with E-state index in [2.05, 4.69) is 10.6 Å². The number of nitrogens with one attached hydrogen (secondary N) is 2. The normalized spacial score (nSPS) is 16.4. The summed E-state index contributed by atoms with van der Waals surface area (Å²) < 4.78 is 5.54. The zero-order valence-corrected chi connectivity index (χ0v) is 24.7. The van der Waals surface area contributed by atoms with Crippen LogP contribution in [0.3, 0.4) is 0 Å². The minimum atomic E-state index is -1.15. The van der Waals surface area contributed by atoms with Crippen LogP contribution in [0.1, 0.15) is 65.0 Å². The highest BCUT2D eigenvalue weighted by atomic mass is 16.6. The Bertz CT molecular complexity index is 1180. The highest BCUT2D eigenvalue weighted by molar-refractivity contribution is 5.94. The summed E-state index contributed by atoms with van der Waals surface area (Å²) in [5.41, 5.74) is -0.0124. The van der Waals surface area contributed by atoms with Gasteiger partial charge in [-0.3, -0.25) is 9.59 Å². The minimum Gasteiger partial charge on any atom is -0.480 e. The third kappa shape index (κ3) is 8.80. The van der Waals surface area contributed by atoms with Crippen LogP contribution in [0, 0.1) is 5.92 Å². The Balaban J connectivity index is 1.81. The summed E-state index contributed by atoms with van der Waals surface area (Å²) in [5, 5.41) is 15.4. The molecule has 0 radical (unpaired) electrons. The summed E-state index contributed by atoms with van der Waals surface area (Å²) in [4.78, 5) is 53.9. The van der Waals surface area contributed by atoms with Gasteiger partial charge in [-0.25, -0.2) is 9.59 Å². The van der Waals surface area contributed by atoms with Gasteiger partial charge >= 0.3 is 12.1 Å². The molecule has 3 amide bonds. The van der Waals surface area contributed by atoms with Crippen molar-refractivity contribution in [1.29, 1.82) is 0 Å². The third-order valence-electron chi connectivity index (χ3n) is 7.26. The molecule has 0 bridgehead atoms. The van der Waals surface area contributed by atoms with Gasteiger partial charge in [0.1, 0.15) is 17.7 Å². The van der Waals surface area contributed by atoms with Crippen molar-refractivity contribution in [3.05, 3.63) is 71.8 Å². The molecule has 1 saturated heterocycles. The van der Waals surface area contributed by atoms with Gasteiger partial charge in [-0.2, -0.15) is 0 Å². The van der Waals surface area contributed by atoms with E-state index in [0.29, 0.717) is 32.4 Å². The summed E-state index contributed by atoms with van der Waals surface area (Å²) in [6.07, 6.45) is 0.742. The van der Waals surface area contributed by atoms with Gasteiger partial charge in [-0.05, 0) is 57.1 Å². The molecule has 1 aliphatic heterocycles. The van der Waals surface area contributed by atoms with Crippen molar-refractivity contribution in [1.82, 2.24) is 15.5 Å². The number of carboxylic acid groups (broad SMARTS) is 1. The second kappa shape index (κ2) is 13.7. The molecule has 2 unspecified atom stereocenters. The van der Waals surface area contributed by atoms with Crippen LogP contribution in [0.2, 0.25) is 0 Å². The Morgan fingerprint density at radius 1 is 0.902 bits per heavy atom. The van der Waals surface area contributed by atoms with Crippen LogP contribution in [0.5, 0.6) is 0 Å². The molecule has 3 rings (SSSR count). The number of ether oxygens (including phenoxy) is 1. The predicted octanol–water partition coefficient (Wildman–Crippen LogP) is 4.30. The molecule has 0 spiro atoms. The Kier molecular flexibility index (Phi) is 10.5. The first kappa shape index (κ1) is 31.6. The molecule has 222 valence electrons. The number of likely N-dealkylation sites (tertiary alicyclic amines) is 1. The maximum Gasteiger partial charge on any atom is 0.410 e. The number of benzene rings is 2. The van der Waals surface area contributed by atoms with Crippen molar-refractivity contribution in [3.8, 4) is 0 Å². The van der Waals surface area contributed by atoms with Crippen molar-refractivity contribution in [3.63, 3.8) is 0 Å². The molecular weight excluding hydrogens is 522 g/mol. The topological polar surface area (TPSA) is 125 Å². The van der Waals surface area contributed by atoms with Crippen molar-refractivity contribution in [2.75, 3.05) is 13.1 Å². The summed E-state index contributed by atoms with van der Waals surface area (Å²) in [6.45, 7) is 9.95. The van der Waals surface area contributed by atoms with Crippen LogP contribution in [0.15, 0.2) is 60.7 Å². The summed E-state index contributed by atoms with van der Waals surface area (Å²) in [6, 6.07) is 16.4. The Morgan fingerprint density at radius 3 is 1.98 bits per heavy atom. The average Bonchev–Trinajstić information content (AvgIpc) is 2.92. The lowest BCUT2D eigenvalue weighted by atomic mass is 9.71. The van der Waals surface area contributed by atoms with E-state index in [9.17, 15) is 24.3 Å². The Labute approximate surface area is 242 Å². The average molecular weight is 566 g/mol. The van der Waals surface area contributed by atoms with Gasteiger partial charge in [-0.15, -0.1) is 0 Å². The molecule has 41 heavy (non-hydrogen) atoms. The lowest BCUT2D eigenvalue weighted by Gasteiger charge is -2.42. The quantitative estimate of drug-likeness (QED) is 0.395. The van der Waals surface area contributed by atoms with Crippen LogP contribution < -0.4 is 10.6 Å². The lowest BCUT2D eigenvalue weighted by molar-refractivity contribution is -0.142. The van der Waals surface area contributed by atoms with Crippen molar-refractivity contribution in [2.45, 2.75) is 83.4 Å². The predicted molar refractivity (Wildman–Crippen MR) is 156 cm³/mol. The molecular formula is C32H43N3O6. The highest BCUT2D eigenvalue weighted by Crippen LogP contribution is 2.36. The SMILES string of the molecule is CC(C)CC(NC(=O)C1(c2ccccc2)CCN(C(=O)OC(C)(C)C)CC1)C(=O)NC(Cc1ccccc1)C(=O)O.